The molecule has 0 saturated heterocycles. The number of ether oxygens (including phenoxy) is 1. The highest BCUT2D eigenvalue weighted by Crippen LogP contribution is 2.19. The lowest BCUT2D eigenvalue weighted by Crippen LogP contribution is -2.46. The first kappa shape index (κ1) is 18.4. The summed E-state index contributed by atoms with van der Waals surface area (Å²) in [4.78, 5) is 24.3. The summed E-state index contributed by atoms with van der Waals surface area (Å²) in [5.41, 5.74) is 0. The second kappa shape index (κ2) is 8.68. The molecule has 122 valence electrons. The molecule has 0 saturated carbocycles. The third-order valence-electron chi connectivity index (χ3n) is 3.06. The van der Waals surface area contributed by atoms with Crippen LogP contribution >= 0.6 is 11.8 Å². The first-order chi connectivity index (χ1) is 10.3. The van der Waals surface area contributed by atoms with Gasteiger partial charge in [0.2, 0.25) is 0 Å². The van der Waals surface area contributed by atoms with E-state index in [0.717, 1.165) is 4.90 Å². The van der Waals surface area contributed by atoms with Gasteiger partial charge in [-0.05, 0) is 49.8 Å². The van der Waals surface area contributed by atoms with Gasteiger partial charge in [0.05, 0.1) is 0 Å². The zero-order valence-electron chi connectivity index (χ0n) is 13.3. The van der Waals surface area contributed by atoms with Gasteiger partial charge in [0.25, 0.3) is 5.91 Å². The maximum Gasteiger partial charge on any atom is 0.326 e. The van der Waals surface area contributed by atoms with E-state index in [2.05, 4.69) is 5.32 Å². The Hall–Kier alpha value is -1.69. The molecule has 2 N–H and O–H groups in total. The first-order valence-corrected chi connectivity index (χ1v) is 8.39. The molecule has 0 aliphatic carbocycles. The van der Waals surface area contributed by atoms with E-state index in [9.17, 15) is 9.59 Å². The largest absolute Gasteiger partial charge is 0.481 e. The van der Waals surface area contributed by atoms with Crippen LogP contribution in [-0.2, 0) is 9.59 Å². The van der Waals surface area contributed by atoms with Gasteiger partial charge in [-0.15, -0.1) is 11.8 Å². The molecule has 1 aromatic rings. The average molecular weight is 325 g/mol. The monoisotopic (exact) mass is 325 g/mol. The van der Waals surface area contributed by atoms with Crippen molar-refractivity contribution in [3.8, 4) is 5.75 Å². The zero-order chi connectivity index (χ0) is 16.7. The molecule has 2 unspecified atom stereocenters. The van der Waals surface area contributed by atoms with Crippen molar-refractivity contribution >= 4 is 23.6 Å². The van der Waals surface area contributed by atoms with E-state index in [4.69, 9.17) is 9.84 Å². The quantitative estimate of drug-likeness (QED) is 0.719. The topological polar surface area (TPSA) is 75.6 Å². The number of thioether (sulfide) groups is 1. The summed E-state index contributed by atoms with van der Waals surface area (Å²) >= 11 is 1.62. The van der Waals surface area contributed by atoms with Crippen LogP contribution in [0.4, 0.5) is 0 Å². The minimum atomic E-state index is -1.03. The summed E-state index contributed by atoms with van der Waals surface area (Å²) in [6, 6.07) is 6.50. The van der Waals surface area contributed by atoms with E-state index in [-0.39, 0.29) is 5.92 Å². The van der Waals surface area contributed by atoms with Crippen molar-refractivity contribution in [3.05, 3.63) is 24.3 Å². The number of carboxylic acids is 1. The number of nitrogens with one attached hydrogen (secondary N) is 1. The van der Waals surface area contributed by atoms with Crippen molar-refractivity contribution in [3.63, 3.8) is 0 Å². The number of carbonyl (C=O) groups excluding carboxylic acids is 1. The lowest BCUT2D eigenvalue weighted by Gasteiger charge is -2.20. The Balaban J connectivity index is 2.61. The van der Waals surface area contributed by atoms with E-state index in [0.29, 0.717) is 12.2 Å². The van der Waals surface area contributed by atoms with Gasteiger partial charge < -0.3 is 15.2 Å². The zero-order valence-corrected chi connectivity index (χ0v) is 14.1. The summed E-state index contributed by atoms with van der Waals surface area (Å²) in [6.45, 7) is 5.43. The number of hydrogen-bond acceptors (Lipinski definition) is 4. The molecule has 5 nitrogen and oxygen atoms in total. The molecule has 1 amide bonds. The third kappa shape index (κ3) is 5.97. The van der Waals surface area contributed by atoms with E-state index in [1.807, 2.05) is 32.2 Å². The maximum atomic E-state index is 12.1. The van der Waals surface area contributed by atoms with Crippen LogP contribution in [0.2, 0.25) is 0 Å². The van der Waals surface area contributed by atoms with Gasteiger partial charge in [-0.2, -0.15) is 0 Å². The molecule has 0 aliphatic heterocycles. The van der Waals surface area contributed by atoms with Crippen molar-refractivity contribution < 1.29 is 19.4 Å². The predicted molar refractivity (Wildman–Crippen MR) is 87.3 cm³/mol. The number of carboxylic acid groups (broad SMARTS) is 1. The van der Waals surface area contributed by atoms with Crippen LogP contribution in [-0.4, -0.2) is 35.4 Å². The second-order valence-corrected chi connectivity index (χ2v) is 6.34. The Kier molecular flexibility index (Phi) is 7.24. The third-order valence-corrected chi connectivity index (χ3v) is 3.81. The van der Waals surface area contributed by atoms with Crippen LogP contribution in [0.5, 0.6) is 5.75 Å². The van der Waals surface area contributed by atoms with E-state index < -0.39 is 24.0 Å². The maximum absolute atomic E-state index is 12.1. The van der Waals surface area contributed by atoms with Gasteiger partial charge >= 0.3 is 5.97 Å². The molecular formula is C16H23NO4S. The summed E-state index contributed by atoms with van der Waals surface area (Å²) in [5.74, 6) is -0.700. The highest BCUT2D eigenvalue weighted by Gasteiger charge is 2.24. The van der Waals surface area contributed by atoms with E-state index in [1.165, 1.54) is 0 Å². The summed E-state index contributed by atoms with van der Waals surface area (Å²) < 4.78 is 5.55. The molecule has 0 radical (unpaired) electrons. The first-order valence-electron chi connectivity index (χ1n) is 7.17. The van der Waals surface area contributed by atoms with Gasteiger partial charge in [-0.25, -0.2) is 4.79 Å². The van der Waals surface area contributed by atoms with Gasteiger partial charge in [0.1, 0.15) is 11.8 Å². The molecule has 0 aliphatic rings. The lowest BCUT2D eigenvalue weighted by atomic mass is 10.0. The summed E-state index contributed by atoms with van der Waals surface area (Å²) in [7, 11) is 0. The molecule has 0 heterocycles. The van der Waals surface area contributed by atoms with E-state index >= 15 is 0 Å². The number of amides is 1. The van der Waals surface area contributed by atoms with Crippen molar-refractivity contribution in [2.24, 2.45) is 5.92 Å². The molecule has 0 aromatic heterocycles. The number of rotatable bonds is 8. The average Bonchev–Trinajstić information content (AvgIpc) is 2.46. The lowest BCUT2D eigenvalue weighted by molar-refractivity contribution is -0.143. The highest BCUT2D eigenvalue weighted by molar-refractivity contribution is 7.98. The van der Waals surface area contributed by atoms with Gasteiger partial charge in [-0.1, -0.05) is 13.8 Å². The van der Waals surface area contributed by atoms with Crippen LogP contribution in [0, 0.1) is 5.92 Å². The van der Waals surface area contributed by atoms with Crippen molar-refractivity contribution in [2.45, 2.75) is 44.2 Å². The number of hydrogen-bond donors (Lipinski definition) is 2. The fourth-order valence-electron chi connectivity index (χ4n) is 1.89. The fourth-order valence-corrected chi connectivity index (χ4v) is 2.30. The highest BCUT2D eigenvalue weighted by atomic mass is 32.2. The smallest absolute Gasteiger partial charge is 0.326 e. The standard InChI is InChI=1S/C16H23NO4S/c1-10(2)9-14(16(19)20)17-15(18)11(3)21-12-5-7-13(22-4)8-6-12/h5-8,10-11,14H,9H2,1-4H3,(H,17,18)(H,19,20). The van der Waals surface area contributed by atoms with Crippen molar-refractivity contribution in [1.29, 1.82) is 0 Å². The minimum Gasteiger partial charge on any atom is -0.481 e. The van der Waals surface area contributed by atoms with E-state index in [1.54, 1.807) is 30.8 Å². The Morgan fingerprint density at radius 1 is 1.23 bits per heavy atom. The molecule has 0 bridgehead atoms. The summed E-state index contributed by atoms with van der Waals surface area (Å²) in [6.07, 6.45) is 1.61. The number of benzene rings is 1. The van der Waals surface area contributed by atoms with Gasteiger partial charge in [-0.3, -0.25) is 4.79 Å². The van der Waals surface area contributed by atoms with Gasteiger partial charge in [0, 0.05) is 4.90 Å². The van der Waals surface area contributed by atoms with Crippen LogP contribution in [0.3, 0.4) is 0 Å². The van der Waals surface area contributed by atoms with Crippen LogP contribution in [0.1, 0.15) is 27.2 Å². The van der Waals surface area contributed by atoms with Gasteiger partial charge in [0.15, 0.2) is 6.10 Å². The van der Waals surface area contributed by atoms with Crippen molar-refractivity contribution in [1.82, 2.24) is 5.32 Å². The Morgan fingerprint density at radius 3 is 2.27 bits per heavy atom. The fraction of sp³-hybridized carbons (Fsp3) is 0.500. The second-order valence-electron chi connectivity index (χ2n) is 5.46. The Labute approximate surface area is 135 Å². The Morgan fingerprint density at radius 2 is 1.82 bits per heavy atom. The molecule has 22 heavy (non-hydrogen) atoms. The summed E-state index contributed by atoms with van der Waals surface area (Å²) in [5, 5.41) is 11.7. The molecule has 0 spiro atoms. The SMILES string of the molecule is CSc1ccc(OC(C)C(=O)NC(CC(C)C)C(=O)O)cc1. The molecule has 1 aromatic carbocycles. The minimum absolute atomic E-state index is 0.178. The van der Waals surface area contributed by atoms with Crippen LogP contribution in [0.25, 0.3) is 0 Å². The molecule has 6 heteroatoms. The molecule has 1 rings (SSSR count). The molecule has 2 atom stereocenters. The molecular weight excluding hydrogens is 302 g/mol. The predicted octanol–water partition coefficient (Wildman–Crippen LogP) is 2.79. The van der Waals surface area contributed by atoms with Crippen LogP contribution < -0.4 is 10.1 Å². The normalized spacial score (nSPS) is 13.5. The number of carbonyl (C=O) groups is 2. The molecule has 0 fully saturated rings. The number of aliphatic carboxylic acids is 1. The Bertz CT molecular complexity index is 501. The van der Waals surface area contributed by atoms with Crippen LogP contribution in [0.15, 0.2) is 29.2 Å². The van der Waals surface area contributed by atoms with Crippen molar-refractivity contribution in [2.75, 3.05) is 6.26 Å².